The fourth-order valence-corrected chi connectivity index (χ4v) is 3.26. The number of hydrogen-bond acceptors (Lipinski definition) is 6. The number of carbonyl (C=O) groups is 2. The SMILES string of the molecule is Cc1ccc(C(=O)CCC(=O)Nc2cccc(OCCn3cncn3)c2)s1. The predicted octanol–water partition coefficient (Wildman–Crippen LogP) is 3.33. The molecule has 0 aliphatic heterocycles. The van der Waals surface area contributed by atoms with Gasteiger partial charge in [-0.1, -0.05) is 6.07 Å². The van der Waals surface area contributed by atoms with Crippen LogP contribution in [0.1, 0.15) is 27.4 Å². The van der Waals surface area contributed by atoms with Gasteiger partial charge in [-0.05, 0) is 31.2 Å². The molecule has 1 amide bonds. The molecular formula is C19H20N4O3S. The molecule has 2 aromatic heterocycles. The summed E-state index contributed by atoms with van der Waals surface area (Å²) in [5, 5.41) is 6.81. The van der Waals surface area contributed by atoms with Crippen LogP contribution in [0.25, 0.3) is 0 Å². The number of ketones is 1. The van der Waals surface area contributed by atoms with Gasteiger partial charge in [0.2, 0.25) is 5.91 Å². The van der Waals surface area contributed by atoms with E-state index in [0.717, 1.165) is 4.88 Å². The lowest BCUT2D eigenvalue weighted by atomic mass is 10.2. The van der Waals surface area contributed by atoms with E-state index in [4.69, 9.17) is 4.74 Å². The first-order valence-electron chi connectivity index (χ1n) is 8.55. The van der Waals surface area contributed by atoms with E-state index in [1.165, 1.54) is 17.7 Å². The summed E-state index contributed by atoms with van der Waals surface area (Å²) in [5.74, 6) is 0.447. The smallest absolute Gasteiger partial charge is 0.224 e. The van der Waals surface area contributed by atoms with Gasteiger partial charge in [-0.25, -0.2) is 9.67 Å². The molecule has 0 saturated carbocycles. The molecule has 2 heterocycles. The molecule has 3 aromatic rings. The Morgan fingerprint density at radius 3 is 2.85 bits per heavy atom. The van der Waals surface area contributed by atoms with Crippen LogP contribution >= 0.6 is 11.3 Å². The molecule has 140 valence electrons. The maximum Gasteiger partial charge on any atom is 0.224 e. The van der Waals surface area contributed by atoms with E-state index < -0.39 is 0 Å². The van der Waals surface area contributed by atoms with Crippen molar-refractivity contribution in [3.63, 3.8) is 0 Å². The van der Waals surface area contributed by atoms with Crippen LogP contribution in [0.5, 0.6) is 5.75 Å². The summed E-state index contributed by atoms with van der Waals surface area (Å²) in [4.78, 5) is 29.9. The average molecular weight is 384 g/mol. The number of thiophene rings is 1. The van der Waals surface area contributed by atoms with Crippen LogP contribution in [0.2, 0.25) is 0 Å². The molecule has 7 nitrogen and oxygen atoms in total. The third kappa shape index (κ3) is 5.75. The Morgan fingerprint density at radius 1 is 1.22 bits per heavy atom. The normalized spacial score (nSPS) is 10.6. The lowest BCUT2D eigenvalue weighted by molar-refractivity contribution is -0.116. The summed E-state index contributed by atoms with van der Waals surface area (Å²) in [5.41, 5.74) is 0.637. The van der Waals surface area contributed by atoms with Crippen molar-refractivity contribution >= 4 is 28.7 Å². The molecule has 8 heteroatoms. The molecule has 0 fully saturated rings. The van der Waals surface area contributed by atoms with Gasteiger partial charge in [0, 0.05) is 29.5 Å². The number of nitrogens with one attached hydrogen (secondary N) is 1. The second-order valence-electron chi connectivity index (χ2n) is 5.92. The largest absolute Gasteiger partial charge is 0.492 e. The van der Waals surface area contributed by atoms with Crippen LogP contribution in [0.15, 0.2) is 49.1 Å². The van der Waals surface area contributed by atoms with E-state index in [0.29, 0.717) is 29.5 Å². The molecule has 0 saturated heterocycles. The molecule has 0 aliphatic rings. The van der Waals surface area contributed by atoms with Crippen molar-refractivity contribution in [3.05, 3.63) is 58.8 Å². The number of ether oxygens (including phenoxy) is 1. The van der Waals surface area contributed by atoms with Crippen molar-refractivity contribution in [1.82, 2.24) is 14.8 Å². The lowest BCUT2D eigenvalue weighted by Crippen LogP contribution is -2.13. The number of carbonyl (C=O) groups excluding carboxylic acids is 2. The molecule has 0 bridgehead atoms. The Labute approximate surface area is 161 Å². The van der Waals surface area contributed by atoms with Gasteiger partial charge in [-0.15, -0.1) is 11.3 Å². The van der Waals surface area contributed by atoms with Crippen LogP contribution in [0.3, 0.4) is 0 Å². The number of Topliss-reactive ketones (excluding diaryl/α,β-unsaturated/α-hetero) is 1. The van der Waals surface area contributed by atoms with Gasteiger partial charge in [-0.3, -0.25) is 9.59 Å². The fraction of sp³-hybridized carbons (Fsp3) is 0.263. The average Bonchev–Trinajstić information content (AvgIpc) is 3.32. The number of rotatable bonds is 9. The standard InChI is InChI=1S/C19H20N4O3S/c1-14-5-7-18(27-14)17(24)6-8-19(25)22-15-3-2-4-16(11-15)26-10-9-23-13-20-12-21-23/h2-5,7,11-13H,6,8-10H2,1H3,(H,22,25). The maximum atomic E-state index is 12.1. The first-order valence-corrected chi connectivity index (χ1v) is 9.36. The number of aromatic nitrogens is 3. The van der Waals surface area contributed by atoms with E-state index in [9.17, 15) is 9.59 Å². The summed E-state index contributed by atoms with van der Waals surface area (Å²) in [6, 6.07) is 10.9. The second kappa shape index (κ2) is 9.09. The Bertz CT molecular complexity index is 905. The summed E-state index contributed by atoms with van der Waals surface area (Å²) in [7, 11) is 0. The molecule has 0 atom stereocenters. The van der Waals surface area contributed by atoms with Gasteiger partial charge in [0.05, 0.1) is 11.4 Å². The maximum absolute atomic E-state index is 12.1. The van der Waals surface area contributed by atoms with Gasteiger partial charge in [0.25, 0.3) is 0 Å². The van der Waals surface area contributed by atoms with Crippen molar-refractivity contribution < 1.29 is 14.3 Å². The minimum atomic E-state index is -0.198. The summed E-state index contributed by atoms with van der Waals surface area (Å²) in [6.45, 7) is 2.98. The topological polar surface area (TPSA) is 86.1 Å². The van der Waals surface area contributed by atoms with Gasteiger partial charge < -0.3 is 10.1 Å². The third-order valence-electron chi connectivity index (χ3n) is 3.77. The zero-order valence-electron chi connectivity index (χ0n) is 14.9. The van der Waals surface area contributed by atoms with Crippen molar-refractivity contribution in [3.8, 4) is 5.75 Å². The molecule has 1 aromatic carbocycles. The number of aryl methyl sites for hydroxylation is 1. The number of anilines is 1. The van der Waals surface area contributed by atoms with Gasteiger partial charge in [-0.2, -0.15) is 5.10 Å². The predicted molar refractivity (Wildman–Crippen MR) is 103 cm³/mol. The van der Waals surface area contributed by atoms with Crippen LogP contribution < -0.4 is 10.1 Å². The first-order chi connectivity index (χ1) is 13.1. The van der Waals surface area contributed by atoms with E-state index >= 15 is 0 Å². The number of benzene rings is 1. The van der Waals surface area contributed by atoms with Crippen LogP contribution in [0.4, 0.5) is 5.69 Å². The molecule has 3 rings (SSSR count). The number of amides is 1. The minimum absolute atomic E-state index is 0.00607. The minimum Gasteiger partial charge on any atom is -0.492 e. The zero-order valence-corrected chi connectivity index (χ0v) is 15.7. The van der Waals surface area contributed by atoms with Crippen LogP contribution in [-0.4, -0.2) is 33.1 Å². The molecule has 0 unspecified atom stereocenters. The van der Waals surface area contributed by atoms with Gasteiger partial charge >= 0.3 is 0 Å². The van der Waals surface area contributed by atoms with E-state index in [1.54, 1.807) is 35.3 Å². The highest BCUT2D eigenvalue weighted by Crippen LogP contribution is 2.19. The molecule has 0 aliphatic carbocycles. The van der Waals surface area contributed by atoms with E-state index in [2.05, 4.69) is 15.4 Å². The lowest BCUT2D eigenvalue weighted by Gasteiger charge is -2.09. The number of hydrogen-bond donors (Lipinski definition) is 1. The number of nitrogens with zero attached hydrogens (tertiary/aromatic N) is 3. The Balaban J connectivity index is 1.45. The highest BCUT2D eigenvalue weighted by atomic mass is 32.1. The molecule has 0 spiro atoms. The molecular weight excluding hydrogens is 364 g/mol. The van der Waals surface area contributed by atoms with E-state index in [-0.39, 0.29) is 24.5 Å². The highest BCUT2D eigenvalue weighted by Gasteiger charge is 2.11. The van der Waals surface area contributed by atoms with Gasteiger partial charge in [0.1, 0.15) is 25.0 Å². The van der Waals surface area contributed by atoms with Crippen molar-refractivity contribution in [2.45, 2.75) is 26.3 Å². The Hall–Kier alpha value is -3.00. The monoisotopic (exact) mass is 384 g/mol. The second-order valence-corrected chi connectivity index (χ2v) is 7.20. The summed E-state index contributed by atoms with van der Waals surface area (Å²) >= 11 is 1.45. The van der Waals surface area contributed by atoms with Crippen molar-refractivity contribution in [2.75, 3.05) is 11.9 Å². The van der Waals surface area contributed by atoms with Crippen LogP contribution in [0, 0.1) is 6.92 Å². The van der Waals surface area contributed by atoms with Crippen LogP contribution in [-0.2, 0) is 11.3 Å². The van der Waals surface area contributed by atoms with E-state index in [1.807, 2.05) is 19.1 Å². The fourth-order valence-electron chi connectivity index (χ4n) is 2.43. The quantitative estimate of drug-likeness (QED) is 0.572. The summed E-state index contributed by atoms with van der Waals surface area (Å²) in [6.07, 6.45) is 3.44. The Morgan fingerprint density at radius 2 is 2.11 bits per heavy atom. The first kappa shape index (κ1) is 18.8. The third-order valence-corrected chi connectivity index (χ3v) is 4.81. The molecule has 1 N–H and O–H groups in total. The molecule has 27 heavy (non-hydrogen) atoms. The zero-order chi connectivity index (χ0) is 19.1. The van der Waals surface area contributed by atoms with Gasteiger partial charge in [0.15, 0.2) is 5.78 Å². The highest BCUT2D eigenvalue weighted by molar-refractivity contribution is 7.14. The Kier molecular flexibility index (Phi) is 6.32. The van der Waals surface area contributed by atoms with Crippen molar-refractivity contribution in [2.24, 2.45) is 0 Å². The summed E-state index contributed by atoms with van der Waals surface area (Å²) < 4.78 is 7.35. The van der Waals surface area contributed by atoms with Crippen molar-refractivity contribution in [1.29, 1.82) is 0 Å². The molecule has 0 radical (unpaired) electrons.